The van der Waals surface area contributed by atoms with Crippen LogP contribution >= 0.6 is 11.6 Å². The fourth-order valence-corrected chi connectivity index (χ4v) is 2.94. The molecule has 3 aromatic rings. The smallest absolute Gasteiger partial charge is 0.241 e. The predicted molar refractivity (Wildman–Crippen MR) is 105 cm³/mol. The highest BCUT2D eigenvalue weighted by atomic mass is 35.5. The number of nitrogens with one attached hydrogen (secondary N) is 2. The first-order valence-corrected chi connectivity index (χ1v) is 8.72. The molecule has 25 heavy (non-hydrogen) atoms. The zero-order valence-electron chi connectivity index (χ0n) is 14.3. The quantitative estimate of drug-likeness (QED) is 0.665. The van der Waals surface area contributed by atoms with Gasteiger partial charge in [-0.05, 0) is 54.4 Å². The van der Waals surface area contributed by atoms with Crippen LogP contribution in [0, 0.1) is 0 Å². The van der Waals surface area contributed by atoms with Crippen LogP contribution in [0.4, 0.5) is 5.69 Å². The second-order valence-electron chi connectivity index (χ2n) is 6.21. The summed E-state index contributed by atoms with van der Waals surface area (Å²) in [6, 6.07) is 21.4. The molecule has 0 aliphatic rings. The minimum atomic E-state index is -0.322. The van der Waals surface area contributed by atoms with E-state index in [1.54, 1.807) is 0 Å². The van der Waals surface area contributed by atoms with Gasteiger partial charge in [-0.3, -0.25) is 10.1 Å². The molecule has 0 saturated heterocycles. The zero-order chi connectivity index (χ0) is 17.8. The van der Waals surface area contributed by atoms with Crippen LogP contribution in [0.2, 0.25) is 5.02 Å². The van der Waals surface area contributed by atoms with Gasteiger partial charge in [0.1, 0.15) is 0 Å². The molecule has 3 aromatic carbocycles. The van der Waals surface area contributed by atoms with E-state index in [0.29, 0.717) is 5.02 Å². The molecule has 4 heteroatoms. The molecule has 0 spiro atoms. The number of hydrogen-bond acceptors (Lipinski definition) is 2. The van der Waals surface area contributed by atoms with Crippen molar-refractivity contribution in [2.45, 2.75) is 25.9 Å². The number of hydrogen-bond donors (Lipinski definition) is 2. The number of amides is 1. The molecule has 0 radical (unpaired) electrons. The molecular formula is C21H21ClN2O. The van der Waals surface area contributed by atoms with Gasteiger partial charge < -0.3 is 5.32 Å². The van der Waals surface area contributed by atoms with Crippen molar-refractivity contribution in [3.8, 4) is 0 Å². The van der Waals surface area contributed by atoms with Crippen LogP contribution in [0.3, 0.4) is 0 Å². The maximum Gasteiger partial charge on any atom is 0.241 e. The molecule has 1 amide bonds. The monoisotopic (exact) mass is 352 g/mol. The number of carbonyl (C=O) groups excluding carboxylic acids is 1. The Morgan fingerprint density at radius 2 is 1.60 bits per heavy atom. The lowest BCUT2D eigenvalue weighted by atomic mass is 10.1. The van der Waals surface area contributed by atoms with E-state index < -0.39 is 0 Å². The third kappa shape index (κ3) is 4.38. The van der Waals surface area contributed by atoms with Crippen molar-refractivity contribution in [3.63, 3.8) is 0 Å². The van der Waals surface area contributed by atoms with Crippen LogP contribution in [0.15, 0.2) is 66.7 Å². The van der Waals surface area contributed by atoms with Gasteiger partial charge in [-0.1, -0.05) is 54.1 Å². The Bertz CT molecular complexity index is 876. The number of carbonyl (C=O) groups is 1. The number of benzene rings is 3. The average Bonchev–Trinajstić information content (AvgIpc) is 2.62. The van der Waals surface area contributed by atoms with Gasteiger partial charge in [-0.25, -0.2) is 0 Å². The van der Waals surface area contributed by atoms with Crippen LogP contribution in [0.25, 0.3) is 10.8 Å². The molecule has 3 nitrogen and oxygen atoms in total. The Morgan fingerprint density at radius 1 is 0.920 bits per heavy atom. The first-order chi connectivity index (χ1) is 12.0. The molecule has 2 N–H and O–H groups in total. The molecule has 2 atom stereocenters. The molecule has 0 unspecified atom stereocenters. The summed E-state index contributed by atoms with van der Waals surface area (Å²) in [4.78, 5) is 12.5. The number of anilines is 1. The first-order valence-electron chi connectivity index (χ1n) is 8.34. The molecule has 0 heterocycles. The Balaban J connectivity index is 1.64. The van der Waals surface area contributed by atoms with Gasteiger partial charge in [0.2, 0.25) is 5.91 Å². The molecule has 128 valence electrons. The normalized spacial score (nSPS) is 13.4. The molecule has 0 saturated carbocycles. The molecule has 0 aromatic heterocycles. The van der Waals surface area contributed by atoms with Gasteiger partial charge in [-0.15, -0.1) is 0 Å². The molecule has 3 rings (SSSR count). The number of halogens is 1. The fraction of sp³-hybridized carbons (Fsp3) is 0.190. The largest absolute Gasteiger partial charge is 0.325 e. The fourth-order valence-electron chi connectivity index (χ4n) is 2.82. The zero-order valence-corrected chi connectivity index (χ0v) is 15.0. The topological polar surface area (TPSA) is 41.1 Å². The van der Waals surface area contributed by atoms with E-state index in [1.165, 1.54) is 0 Å². The summed E-state index contributed by atoms with van der Waals surface area (Å²) in [7, 11) is 0. The van der Waals surface area contributed by atoms with Gasteiger partial charge in [0, 0.05) is 16.8 Å². The Kier molecular flexibility index (Phi) is 5.37. The van der Waals surface area contributed by atoms with Gasteiger partial charge in [0.05, 0.1) is 6.04 Å². The summed E-state index contributed by atoms with van der Waals surface area (Å²) in [5.74, 6) is -0.0592. The van der Waals surface area contributed by atoms with E-state index >= 15 is 0 Å². The summed E-state index contributed by atoms with van der Waals surface area (Å²) in [5, 5.41) is 9.26. The third-order valence-corrected chi connectivity index (χ3v) is 4.53. The van der Waals surface area contributed by atoms with Crippen LogP contribution in [0.5, 0.6) is 0 Å². The summed E-state index contributed by atoms with van der Waals surface area (Å²) in [6.45, 7) is 3.89. The first kappa shape index (κ1) is 17.5. The van der Waals surface area contributed by atoms with Gasteiger partial charge in [0.25, 0.3) is 0 Å². The van der Waals surface area contributed by atoms with E-state index in [4.69, 9.17) is 11.6 Å². The Hall–Kier alpha value is -2.36. The summed E-state index contributed by atoms with van der Waals surface area (Å²) < 4.78 is 0. The highest BCUT2D eigenvalue weighted by Crippen LogP contribution is 2.20. The predicted octanol–water partition coefficient (Wildman–Crippen LogP) is 5.17. The van der Waals surface area contributed by atoms with E-state index in [9.17, 15) is 4.79 Å². The van der Waals surface area contributed by atoms with Crippen molar-refractivity contribution in [2.75, 3.05) is 5.32 Å². The van der Waals surface area contributed by atoms with Crippen LogP contribution < -0.4 is 10.6 Å². The van der Waals surface area contributed by atoms with Crippen LogP contribution in [-0.2, 0) is 4.79 Å². The third-order valence-electron chi connectivity index (χ3n) is 4.28. The second kappa shape index (κ2) is 7.68. The molecular weight excluding hydrogens is 332 g/mol. The van der Waals surface area contributed by atoms with Crippen LogP contribution in [-0.4, -0.2) is 11.9 Å². The highest BCUT2D eigenvalue weighted by molar-refractivity contribution is 6.30. The number of rotatable bonds is 5. The molecule has 0 aliphatic carbocycles. The van der Waals surface area contributed by atoms with Crippen molar-refractivity contribution in [3.05, 3.63) is 77.3 Å². The number of fused-ring (bicyclic) bond motifs is 1. The summed E-state index contributed by atoms with van der Waals surface area (Å²) in [6.07, 6.45) is 0. The second-order valence-corrected chi connectivity index (χ2v) is 6.65. The Labute approximate surface area is 153 Å². The van der Waals surface area contributed by atoms with Crippen molar-refractivity contribution < 1.29 is 4.79 Å². The molecule has 0 bridgehead atoms. The van der Waals surface area contributed by atoms with Gasteiger partial charge >= 0.3 is 0 Å². The van der Waals surface area contributed by atoms with E-state index in [0.717, 1.165) is 22.0 Å². The van der Waals surface area contributed by atoms with Crippen molar-refractivity contribution in [1.29, 1.82) is 0 Å². The SMILES string of the molecule is C[C@@H](N[C@H](C)c1ccc(Cl)cc1)C(=O)Nc1ccc2ccccc2c1. The molecule has 0 aliphatic heterocycles. The van der Waals surface area contributed by atoms with Crippen molar-refractivity contribution in [2.24, 2.45) is 0 Å². The average molecular weight is 353 g/mol. The molecule has 0 fully saturated rings. The van der Waals surface area contributed by atoms with E-state index in [2.05, 4.69) is 16.7 Å². The summed E-state index contributed by atoms with van der Waals surface area (Å²) >= 11 is 5.92. The lowest BCUT2D eigenvalue weighted by Gasteiger charge is -2.20. The summed E-state index contributed by atoms with van der Waals surface area (Å²) in [5.41, 5.74) is 1.89. The van der Waals surface area contributed by atoms with E-state index in [1.807, 2.05) is 74.5 Å². The van der Waals surface area contributed by atoms with Gasteiger partial charge in [0.15, 0.2) is 0 Å². The maximum absolute atomic E-state index is 12.5. The minimum Gasteiger partial charge on any atom is -0.325 e. The van der Waals surface area contributed by atoms with Crippen molar-refractivity contribution >= 4 is 34.0 Å². The van der Waals surface area contributed by atoms with E-state index in [-0.39, 0.29) is 18.0 Å². The lowest BCUT2D eigenvalue weighted by molar-refractivity contribution is -0.117. The van der Waals surface area contributed by atoms with Crippen LogP contribution in [0.1, 0.15) is 25.5 Å². The standard InChI is InChI=1S/C21H21ClN2O/c1-14(16-7-10-19(22)11-8-16)23-15(2)21(25)24-20-12-9-17-5-3-4-6-18(17)13-20/h3-15,23H,1-2H3,(H,24,25)/t14-,15-/m1/s1. The minimum absolute atomic E-state index is 0.0506. The van der Waals surface area contributed by atoms with Gasteiger partial charge in [-0.2, -0.15) is 0 Å². The maximum atomic E-state index is 12.5. The highest BCUT2D eigenvalue weighted by Gasteiger charge is 2.16. The Morgan fingerprint density at radius 3 is 2.32 bits per heavy atom. The van der Waals surface area contributed by atoms with Crippen molar-refractivity contribution in [1.82, 2.24) is 5.32 Å². The lowest BCUT2D eigenvalue weighted by Crippen LogP contribution is -2.39.